The van der Waals surface area contributed by atoms with Crippen molar-refractivity contribution in [1.82, 2.24) is 14.6 Å². The summed E-state index contributed by atoms with van der Waals surface area (Å²) in [4.78, 5) is 33.7. The van der Waals surface area contributed by atoms with Crippen molar-refractivity contribution in [1.29, 1.82) is 0 Å². The molecule has 0 saturated carbocycles. The van der Waals surface area contributed by atoms with Crippen molar-refractivity contribution in [3.63, 3.8) is 0 Å². The highest BCUT2D eigenvalue weighted by Crippen LogP contribution is 2.37. The fourth-order valence-electron chi connectivity index (χ4n) is 4.49. The van der Waals surface area contributed by atoms with Gasteiger partial charge in [0.25, 0.3) is 11.5 Å². The number of rotatable bonds is 10. The molecule has 0 aliphatic carbocycles. The summed E-state index contributed by atoms with van der Waals surface area (Å²) in [5.74, 6) is 1.13. The maximum Gasteiger partial charge on any atom is 0.291 e. The molecule has 0 saturated heterocycles. The van der Waals surface area contributed by atoms with E-state index in [1.807, 2.05) is 42.5 Å². The summed E-state index contributed by atoms with van der Waals surface area (Å²) in [6.45, 7) is 5.60. The normalized spacial score (nSPS) is 14.6. The van der Waals surface area contributed by atoms with Gasteiger partial charge in [-0.2, -0.15) is 9.50 Å². The lowest BCUT2D eigenvalue weighted by molar-refractivity contribution is -0.113. The first-order chi connectivity index (χ1) is 18.0. The van der Waals surface area contributed by atoms with Crippen LogP contribution in [0.3, 0.4) is 0 Å². The Kier molecular flexibility index (Phi) is 7.71. The average molecular weight is 582 g/mol. The Morgan fingerprint density at radius 2 is 1.76 bits per heavy atom. The number of benzene rings is 2. The molecule has 0 atom stereocenters. The quantitative estimate of drug-likeness (QED) is 0.228. The molecule has 4 aromatic rings. The highest BCUT2D eigenvalue weighted by molar-refractivity contribution is 9.10. The standard InChI is InChI=1S/C28H29BrN4O3S/c1-3-5-7-8-16-36-20-12-9-18(10-13-20)25-30-28-33(31-25)27(35)24(37-28)23-21-17-19(29)11-14-22(21)32(26(23)34)15-6-4-2/h9-14,17H,3-8,15-16H2,1-2H3/b24-23-. The predicted molar refractivity (Wildman–Crippen MR) is 151 cm³/mol. The van der Waals surface area contributed by atoms with Crippen molar-refractivity contribution in [2.75, 3.05) is 18.1 Å². The van der Waals surface area contributed by atoms with Crippen LogP contribution >= 0.6 is 27.3 Å². The third-order valence-corrected chi connectivity index (χ3v) is 8.00. The Morgan fingerprint density at radius 3 is 2.49 bits per heavy atom. The van der Waals surface area contributed by atoms with Gasteiger partial charge in [0.1, 0.15) is 10.3 Å². The minimum Gasteiger partial charge on any atom is -0.494 e. The third-order valence-electron chi connectivity index (χ3n) is 6.48. The maximum absolute atomic E-state index is 13.5. The second-order valence-electron chi connectivity index (χ2n) is 9.15. The van der Waals surface area contributed by atoms with Crippen LogP contribution in [0.25, 0.3) is 21.9 Å². The zero-order chi connectivity index (χ0) is 25.9. The summed E-state index contributed by atoms with van der Waals surface area (Å²) >= 11 is 4.72. The van der Waals surface area contributed by atoms with E-state index < -0.39 is 0 Å². The number of anilines is 1. The zero-order valence-corrected chi connectivity index (χ0v) is 23.4. The number of thiazole rings is 1. The molecule has 192 valence electrons. The van der Waals surface area contributed by atoms with Gasteiger partial charge in [-0.1, -0.05) is 66.8 Å². The molecule has 2 aromatic heterocycles. The van der Waals surface area contributed by atoms with Crippen molar-refractivity contribution < 1.29 is 9.53 Å². The van der Waals surface area contributed by atoms with Crippen molar-refractivity contribution in [3.8, 4) is 17.1 Å². The first-order valence-corrected chi connectivity index (χ1v) is 14.4. The summed E-state index contributed by atoms with van der Waals surface area (Å²) in [7, 11) is 0. The molecule has 0 N–H and O–H groups in total. The Hall–Kier alpha value is -3.04. The molecule has 9 heteroatoms. The molecule has 1 aliphatic heterocycles. The number of nitrogens with zero attached hydrogens (tertiary/aromatic N) is 4. The third kappa shape index (κ3) is 5.07. The molecular weight excluding hydrogens is 552 g/mol. The molecule has 0 fully saturated rings. The molecule has 0 spiro atoms. The van der Waals surface area contributed by atoms with Crippen LogP contribution in [-0.4, -0.2) is 33.7 Å². The van der Waals surface area contributed by atoms with Gasteiger partial charge in [0.05, 0.1) is 17.9 Å². The Labute approximate surface area is 227 Å². The van der Waals surface area contributed by atoms with Crippen LogP contribution in [0.1, 0.15) is 57.9 Å². The first kappa shape index (κ1) is 25.6. The van der Waals surface area contributed by atoms with Gasteiger partial charge in [0.2, 0.25) is 4.96 Å². The highest BCUT2D eigenvalue weighted by atomic mass is 79.9. The zero-order valence-electron chi connectivity index (χ0n) is 21.0. The van der Waals surface area contributed by atoms with Gasteiger partial charge in [-0.05, 0) is 55.3 Å². The fraction of sp³-hybridized carbons (Fsp3) is 0.357. The lowest BCUT2D eigenvalue weighted by Gasteiger charge is -2.16. The van der Waals surface area contributed by atoms with Crippen molar-refractivity contribution in [3.05, 3.63) is 67.4 Å². The number of hydrogen-bond acceptors (Lipinski definition) is 6. The van der Waals surface area contributed by atoms with Crippen LogP contribution in [0, 0.1) is 0 Å². The van der Waals surface area contributed by atoms with Crippen LogP contribution < -0.4 is 19.7 Å². The smallest absolute Gasteiger partial charge is 0.291 e. The molecule has 3 heterocycles. The minimum atomic E-state index is -0.322. The molecule has 0 unspecified atom stereocenters. The Balaban J connectivity index is 1.45. The lowest BCUT2D eigenvalue weighted by atomic mass is 10.1. The summed E-state index contributed by atoms with van der Waals surface area (Å²) in [5, 5.41) is 4.48. The average Bonchev–Trinajstić information content (AvgIpc) is 3.53. The van der Waals surface area contributed by atoms with Crippen LogP contribution in [-0.2, 0) is 4.79 Å². The molecule has 2 aromatic carbocycles. The molecule has 37 heavy (non-hydrogen) atoms. The van der Waals surface area contributed by atoms with E-state index in [-0.39, 0.29) is 11.5 Å². The van der Waals surface area contributed by atoms with Crippen LogP contribution in [0.5, 0.6) is 5.75 Å². The molecule has 5 rings (SSSR count). The van der Waals surface area contributed by atoms with Gasteiger partial charge in [0.15, 0.2) is 5.82 Å². The minimum absolute atomic E-state index is 0.145. The van der Waals surface area contributed by atoms with Crippen molar-refractivity contribution >= 4 is 49.4 Å². The van der Waals surface area contributed by atoms with Crippen molar-refractivity contribution in [2.24, 2.45) is 0 Å². The number of unbranched alkanes of at least 4 members (excludes halogenated alkanes) is 4. The second-order valence-corrected chi connectivity index (χ2v) is 11.0. The van der Waals surface area contributed by atoms with E-state index in [0.717, 1.165) is 46.3 Å². The number of aromatic nitrogens is 3. The van der Waals surface area contributed by atoms with Crippen molar-refractivity contribution in [2.45, 2.75) is 52.4 Å². The molecule has 1 amide bonds. The number of carbonyl (C=O) groups is 1. The highest BCUT2D eigenvalue weighted by Gasteiger charge is 2.34. The monoisotopic (exact) mass is 580 g/mol. The first-order valence-electron chi connectivity index (χ1n) is 12.8. The number of halogens is 1. The summed E-state index contributed by atoms with van der Waals surface area (Å²) in [6.07, 6.45) is 6.51. The largest absolute Gasteiger partial charge is 0.494 e. The summed E-state index contributed by atoms with van der Waals surface area (Å²) in [5.41, 5.74) is 2.51. The molecule has 1 aliphatic rings. The molecule has 0 radical (unpaired) electrons. The van der Waals surface area contributed by atoms with E-state index in [1.165, 1.54) is 35.1 Å². The number of hydrogen-bond donors (Lipinski definition) is 0. The number of fused-ring (bicyclic) bond motifs is 2. The van der Waals surface area contributed by atoms with Crippen LogP contribution in [0.2, 0.25) is 0 Å². The summed E-state index contributed by atoms with van der Waals surface area (Å²) < 4.78 is 8.36. The van der Waals surface area contributed by atoms with Gasteiger partial charge in [-0.15, -0.1) is 5.10 Å². The maximum atomic E-state index is 13.5. The van der Waals surface area contributed by atoms with Gasteiger partial charge in [-0.3, -0.25) is 9.59 Å². The van der Waals surface area contributed by atoms with Crippen LogP contribution in [0.15, 0.2) is 51.7 Å². The number of carbonyl (C=O) groups excluding carboxylic acids is 1. The van der Waals surface area contributed by atoms with E-state index in [0.29, 0.717) is 34.0 Å². The molecular formula is C28H29BrN4O3S. The molecule has 7 nitrogen and oxygen atoms in total. The van der Waals surface area contributed by atoms with E-state index in [2.05, 4.69) is 39.9 Å². The Morgan fingerprint density at radius 1 is 0.973 bits per heavy atom. The summed E-state index contributed by atoms with van der Waals surface area (Å²) in [6, 6.07) is 13.4. The van der Waals surface area contributed by atoms with Gasteiger partial charge in [-0.25, -0.2) is 0 Å². The van der Waals surface area contributed by atoms with Gasteiger partial charge in [0, 0.05) is 22.1 Å². The molecule has 0 bridgehead atoms. The number of ether oxygens (including phenoxy) is 1. The van der Waals surface area contributed by atoms with E-state index in [1.54, 1.807) is 4.90 Å². The fourth-order valence-corrected chi connectivity index (χ4v) is 5.85. The van der Waals surface area contributed by atoms with E-state index in [9.17, 15) is 9.59 Å². The SMILES string of the molecule is CCCCCCOc1ccc(-c2nc3s/c(=C4\C(=O)N(CCCC)c5ccc(Br)cc54)c(=O)n3n2)cc1. The lowest BCUT2D eigenvalue weighted by Crippen LogP contribution is -2.33. The number of amides is 1. The van der Waals surface area contributed by atoms with Crippen LogP contribution in [0.4, 0.5) is 5.69 Å². The second kappa shape index (κ2) is 11.1. The topological polar surface area (TPSA) is 76.8 Å². The van der Waals surface area contributed by atoms with E-state index >= 15 is 0 Å². The van der Waals surface area contributed by atoms with Gasteiger partial charge < -0.3 is 9.64 Å². The van der Waals surface area contributed by atoms with E-state index in [4.69, 9.17) is 4.74 Å². The van der Waals surface area contributed by atoms with Gasteiger partial charge >= 0.3 is 0 Å². The predicted octanol–water partition coefficient (Wildman–Crippen LogP) is 5.60. The Bertz CT molecular complexity index is 1540.